The summed E-state index contributed by atoms with van der Waals surface area (Å²) in [6.45, 7) is 1.85. The van der Waals surface area contributed by atoms with Gasteiger partial charge in [-0.15, -0.1) is 12.4 Å². The first-order chi connectivity index (χ1) is 10.2. The molecule has 1 spiro atoms. The molecular weight excluding hydrogens is 298 g/mol. The molecule has 2 heterocycles. The number of nitrogen functional groups attached to an aromatic ring is 1. The number of amides is 1. The predicted octanol–water partition coefficient (Wildman–Crippen LogP) is 3.20. The normalized spacial score (nSPS) is 20.5. The molecule has 22 heavy (non-hydrogen) atoms. The molecule has 1 aliphatic heterocycles. The Morgan fingerprint density at radius 1 is 1.14 bits per heavy atom. The molecule has 3 rings (SSSR count). The molecule has 1 saturated heterocycles. The fraction of sp³-hybridized carbons (Fsp3) is 0.647. The van der Waals surface area contributed by atoms with Crippen LogP contribution in [-0.2, 0) is 11.2 Å². The van der Waals surface area contributed by atoms with Crippen molar-refractivity contribution in [3.05, 3.63) is 24.0 Å². The number of likely N-dealkylation sites (tertiary alicyclic amines) is 1. The van der Waals surface area contributed by atoms with Crippen molar-refractivity contribution in [3.63, 3.8) is 0 Å². The second kappa shape index (κ2) is 7.32. The molecule has 1 amide bonds. The number of nitrogens with two attached hydrogens (primary N) is 1. The fourth-order valence-corrected chi connectivity index (χ4v) is 3.84. The number of anilines is 1. The van der Waals surface area contributed by atoms with E-state index in [9.17, 15) is 4.79 Å². The van der Waals surface area contributed by atoms with Crippen molar-refractivity contribution in [2.45, 2.75) is 51.4 Å². The van der Waals surface area contributed by atoms with Gasteiger partial charge < -0.3 is 10.6 Å². The highest BCUT2D eigenvalue weighted by molar-refractivity contribution is 5.85. The van der Waals surface area contributed by atoms with E-state index >= 15 is 0 Å². The van der Waals surface area contributed by atoms with Crippen molar-refractivity contribution < 1.29 is 4.79 Å². The molecule has 1 aromatic rings. The monoisotopic (exact) mass is 323 g/mol. The fourth-order valence-electron chi connectivity index (χ4n) is 3.84. The first-order valence-corrected chi connectivity index (χ1v) is 8.15. The second-order valence-electron chi connectivity index (χ2n) is 6.70. The lowest BCUT2D eigenvalue weighted by atomic mass is 9.68. The highest BCUT2D eigenvalue weighted by Crippen LogP contribution is 2.44. The van der Waals surface area contributed by atoms with E-state index in [1.54, 1.807) is 6.20 Å². The lowest BCUT2D eigenvalue weighted by molar-refractivity contribution is -0.133. The summed E-state index contributed by atoms with van der Waals surface area (Å²) in [6.07, 6.45) is 11.3. The van der Waals surface area contributed by atoms with Gasteiger partial charge in [0, 0.05) is 18.8 Å². The van der Waals surface area contributed by atoms with Crippen LogP contribution >= 0.6 is 12.4 Å². The summed E-state index contributed by atoms with van der Waals surface area (Å²) in [5.74, 6) is 0.206. The molecule has 1 aliphatic carbocycles. The van der Waals surface area contributed by atoms with Gasteiger partial charge in [-0.25, -0.2) is 0 Å². The molecule has 4 nitrogen and oxygen atoms in total. The quantitative estimate of drug-likeness (QED) is 0.909. The highest BCUT2D eigenvalue weighted by Gasteiger charge is 2.36. The summed E-state index contributed by atoms with van der Waals surface area (Å²) in [7, 11) is 0. The van der Waals surface area contributed by atoms with Crippen LogP contribution in [0.1, 0.15) is 50.6 Å². The van der Waals surface area contributed by atoms with E-state index in [4.69, 9.17) is 5.73 Å². The van der Waals surface area contributed by atoms with Crippen molar-refractivity contribution in [1.82, 2.24) is 9.88 Å². The maximum Gasteiger partial charge on any atom is 0.228 e. The zero-order valence-electron chi connectivity index (χ0n) is 13.1. The van der Waals surface area contributed by atoms with Crippen molar-refractivity contribution in [1.29, 1.82) is 0 Å². The molecule has 0 bridgehead atoms. The number of carbonyl (C=O) groups is 1. The number of nitrogens with zero attached hydrogens (tertiary/aromatic N) is 2. The third-order valence-corrected chi connectivity index (χ3v) is 5.27. The van der Waals surface area contributed by atoms with Gasteiger partial charge in [0.25, 0.3) is 0 Å². The van der Waals surface area contributed by atoms with Crippen LogP contribution in [0.5, 0.6) is 0 Å². The Labute approximate surface area is 138 Å². The van der Waals surface area contributed by atoms with E-state index in [0.717, 1.165) is 18.8 Å². The Morgan fingerprint density at radius 2 is 1.82 bits per heavy atom. The molecule has 0 unspecified atom stereocenters. The van der Waals surface area contributed by atoms with Crippen molar-refractivity contribution in [2.75, 3.05) is 18.8 Å². The predicted molar refractivity (Wildman–Crippen MR) is 90.9 cm³/mol. The SMILES string of the molecule is Cl.Nc1ccc(CC(=O)N2CCC3(CCCCC3)CC2)nc1. The van der Waals surface area contributed by atoms with Crippen LogP contribution in [0.15, 0.2) is 18.3 Å². The minimum Gasteiger partial charge on any atom is -0.397 e. The maximum atomic E-state index is 12.4. The van der Waals surface area contributed by atoms with Crippen LogP contribution in [-0.4, -0.2) is 28.9 Å². The Kier molecular flexibility index (Phi) is 5.68. The van der Waals surface area contributed by atoms with E-state index in [1.807, 2.05) is 17.0 Å². The molecule has 2 fully saturated rings. The van der Waals surface area contributed by atoms with Crippen molar-refractivity contribution >= 4 is 24.0 Å². The zero-order valence-corrected chi connectivity index (χ0v) is 13.9. The Bertz CT molecular complexity index is 487. The second-order valence-corrected chi connectivity index (χ2v) is 6.70. The Hall–Kier alpha value is -1.29. The zero-order chi connectivity index (χ0) is 14.7. The maximum absolute atomic E-state index is 12.4. The number of pyridine rings is 1. The van der Waals surface area contributed by atoms with Gasteiger partial charge in [0.15, 0.2) is 0 Å². The number of hydrogen-bond acceptors (Lipinski definition) is 3. The lowest BCUT2D eigenvalue weighted by Gasteiger charge is -2.44. The first kappa shape index (κ1) is 17.1. The highest BCUT2D eigenvalue weighted by atomic mass is 35.5. The average molecular weight is 324 g/mol. The average Bonchev–Trinajstić information content (AvgIpc) is 2.51. The van der Waals surface area contributed by atoms with Gasteiger partial charge in [0.2, 0.25) is 5.91 Å². The standard InChI is InChI=1S/C17H25N3O.ClH/c18-14-4-5-15(19-13-14)12-16(21)20-10-8-17(9-11-20)6-2-1-3-7-17;/h4-5,13H,1-3,6-12,18H2;1H. The van der Waals surface area contributed by atoms with E-state index in [0.29, 0.717) is 17.5 Å². The summed E-state index contributed by atoms with van der Waals surface area (Å²) in [5, 5.41) is 0. The number of carbonyl (C=O) groups excluding carboxylic acids is 1. The minimum absolute atomic E-state index is 0. The first-order valence-electron chi connectivity index (χ1n) is 8.15. The Morgan fingerprint density at radius 3 is 2.41 bits per heavy atom. The number of piperidine rings is 1. The summed E-state index contributed by atoms with van der Waals surface area (Å²) in [4.78, 5) is 18.6. The number of hydrogen-bond donors (Lipinski definition) is 1. The lowest BCUT2D eigenvalue weighted by Crippen LogP contribution is -2.44. The molecule has 1 saturated carbocycles. The topological polar surface area (TPSA) is 59.2 Å². The van der Waals surface area contributed by atoms with Gasteiger partial charge >= 0.3 is 0 Å². The summed E-state index contributed by atoms with van der Waals surface area (Å²) in [6, 6.07) is 3.66. The largest absolute Gasteiger partial charge is 0.397 e. The van der Waals surface area contributed by atoms with Crippen LogP contribution in [0.4, 0.5) is 5.69 Å². The number of rotatable bonds is 2. The van der Waals surface area contributed by atoms with Crippen LogP contribution < -0.4 is 5.73 Å². The van der Waals surface area contributed by atoms with E-state index < -0.39 is 0 Å². The molecule has 1 aromatic heterocycles. The van der Waals surface area contributed by atoms with Gasteiger partial charge in [-0.2, -0.15) is 0 Å². The van der Waals surface area contributed by atoms with Crippen LogP contribution in [0, 0.1) is 5.41 Å². The molecule has 0 aromatic carbocycles. The van der Waals surface area contributed by atoms with E-state index in [1.165, 1.54) is 44.9 Å². The molecule has 0 atom stereocenters. The van der Waals surface area contributed by atoms with Gasteiger partial charge in [0.1, 0.15) is 0 Å². The van der Waals surface area contributed by atoms with Crippen LogP contribution in [0.25, 0.3) is 0 Å². The van der Waals surface area contributed by atoms with Crippen LogP contribution in [0.3, 0.4) is 0 Å². The Balaban J connectivity index is 0.00000176. The van der Waals surface area contributed by atoms with Crippen molar-refractivity contribution in [2.24, 2.45) is 5.41 Å². The van der Waals surface area contributed by atoms with Gasteiger partial charge in [-0.3, -0.25) is 9.78 Å². The summed E-state index contributed by atoms with van der Waals surface area (Å²) >= 11 is 0. The molecule has 5 heteroatoms. The molecule has 2 aliphatic rings. The van der Waals surface area contributed by atoms with Crippen molar-refractivity contribution in [3.8, 4) is 0 Å². The third-order valence-electron chi connectivity index (χ3n) is 5.27. The smallest absolute Gasteiger partial charge is 0.228 e. The van der Waals surface area contributed by atoms with Crippen LogP contribution in [0.2, 0.25) is 0 Å². The molecular formula is C17H26ClN3O. The summed E-state index contributed by atoms with van der Waals surface area (Å²) < 4.78 is 0. The number of halogens is 1. The number of aromatic nitrogens is 1. The molecule has 2 N–H and O–H groups in total. The minimum atomic E-state index is 0. The van der Waals surface area contributed by atoms with Gasteiger partial charge in [-0.1, -0.05) is 19.3 Å². The van der Waals surface area contributed by atoms with Gasteiger partial charge in [-0.05, 0) is 43.2 Å². The molecule has 0 radical (unpaired) electrons. The van der Waals surface area contributed by atoms with E-state index in [2.05, 4.69) is 4.98 Å². The molecule has 122 valence electrons. The third kappa shape index (κ3) is 3.92. The van der Waals surface area contributed by atoms with Gasteiger partial charge in [0.05, 0.1) is 18.3 Å². The summed E-state index contributed by atoms with van der Waals surface area (Å²) in [5.41, 5.74) is 7.63. The van der Waals surface area contributed by atoms with E-state index in [-0.39, 0.29) is 18.3 Å².